The molecule has 0 fully saturated rings. The molecule has 4 nitrogen and oxygen atoms in total. The maximum Gasteiger partial charge on any atom is 0.0718 e. The van der Waals surface area contributed by atoms with Crippen molar-refractivity contribution in [2.24, 2.45) is 0 Å². The Hall–Kier alpha value is -1.68. The maximum absolute atomic E-state index is 9.22. The highest BCUT2D eigenvalue weighted by molar-refractivity contribution is 5.24. The van der Waals surface area contributed by atoms with E-state index in [-0.39, 0.29) is 6.61 Å². The van der Waals surface area contributed by atoms with Crippen LogP contribution in [-0.2, 0) is 13.2 Å². The summed E-state index contributed by atoms with van der Waals surface area (Å²) < 4.78 is 1.91. The van der Waals surface area contributed by atoms with E-state index in [1.54, 1.807) is 12.4 Å². The zero-order chi connectivity index (χ0) is 11.5. The summed E-state index contributed by atoms with van der Waals surface area (Å²) in [6, 6.07) is 3.93. The fraction of sp³-hybridized carbons (Fsp3) is 0.333. The second-order valence-corrected chi connectivity index (χ2v) is 3.82. The first-order valence-corrected chi connectivity index (χ1v) is 5.25. The molecule has 0 unspecified atom stereocenters. The van der Waals surface area contributed by atoms with Crippen LogP contribution in [0.4, 0.5) is 0 Å². The van der Waals surface area contributed by atoms with Gasteiger partial charge in [0, 0.05) is 23.7 Å². The van der Waals surface area contributed by atoms with Gasteiger partial charge in [-0.1, -0.05) is 0 Å². The Morgan fingerprint density at radius 3 is 2.50 bits per heavy atom. The molecule has 0 aliphatic rings. The number of hydrogen-bond donors (Lipinski definition) is 1. The lowest BCUT2D eigenvalue weighted by molar-refractivity contribution is 0.280. The summed E-state index contributed by atoms with van der Waals surface area (Å²) in [6.45, 7) is 4.66. The first-order chi connectivity index (χ1) is 7.72. The molecular weight excluding hydrogens is 202 g/mol. The standard InChI is InChI=1S/C12H15N3O/c1-9-12(8-16)10(2)15(14-9)7-11-3-5-13-6-4-11/h3-6,16H,7-8H2,1-2H3. The van der Waals surface area contributed by atoms with Crippen LogP contribution in [0.1, 0.15) is 22.5 Å². The van der Waals surface area contributed by atoms with Crippen LogP contribution in [-0.4, -0.2) is 19.9 Å². The first kappa shape index (κ1) is 10.8. The van der Waals surface area contributed by atoms with Crippen molar-refractivity contribution >= 4 is 0 Å². The minimum absolute atomic E-state index is 0.0496. The van der Waals surface area contributed by atoms with Crippen molar-refractivity contribution in [2.45, 2.75) is 27.0 Å². The second-order valence-electron chi connectivity index (χ2n) is 3.82. The number of aliphatic hydroxyl groups is 1. The van der Waals surface area contributed by atoms with Gasteiger partial charge >= 0.3 is 0 Å². The topological polar surface area (TPSA) is 50.9 Å². The fourth-order valence-corrected chi connectivity index (χ4v) is 1.78. The minimum atomic E-state index is 0.0496. The van der Waals surface area contributed by atoms with Gasteiger partial charge in [-0.15, -0.1) is 0 Å². The normalized spacial score (nSPS) is 10.7. The van der Waals surface area contributed by atoms with Crippen LogP contribution in [0.25, 0.3) is 0 Å². The zero-order valence-electron chi connectivity index (χ0n) is 9.51. The van der Waals surface area contributed by atoms with Crippen LogP contribution < -0.4 is 0 Å². The summed E-state index contributed by atoms with van der Waals surface area (Å²) >= 11 is 0. The van der Waals surface area contributed by atoms with E-state index in [4.69, 9.17) is 0 Å². The number of rotatable bonds is 3. The molecule has 0 amide bonds. The van der Waals surface area contributed by atoms with Gasteiger partial charge in [-0.2, -0.15) is 5.10 Å². The Labute approximate surface area is 94.6 Å². The molecule has 84 valence electrons. The van der Waals surface area contributed by atoms with E-state index < -0.39 is 0 Å². The third-order valence-corrected chi connectivity index (χ3v) is 2.77. The van der Waals surface area contributed by atoms with E-state index in [1.165, 1.54) is 0 Å². The molecule has 0 saturated carbocycles. The monoisotopic (exact) mass is 217 g/mol. The molecule has 0 bridgehead atoms. The van der Waals surface area contributed by atoms with Gasteiger partial charge in [0.25, 0.3) is 0 Å². The van der Waals surface area contributed by atoms with E-state index in [0.717, 1.165) is 29.1 Å². The molecule has 0 spiro atoms. The number of aromatic nitrogens is 3. The lowest BCUT2D eigenvalue weighted by atomic mass is 10.2. The van der Waals surface area contributed by atoms with Crippen LogP contribution in [0.3, 0.4) is 0 Å². The zero-order valence-corrected chi connectivity index (χ0v) is 9.51. The average Bonchev–Trinajstić information content (AvgIpc) is 2.55. The van der Waals surface area contributed by atoms with Crippen molar-refractivity contribution in [1.82, 2.24) is 14.8 Å². The molecule has 0 aliphatic heterocycles. The highest BCUT2D eigenvalue weighted by Gasteiger charge is 2.10. The average molecular weight is 217 g/mol. The van der Waals surface area contributed by atoms with Crippen LogP contribution in [0.5, 0.6) is 0 Å². The van der Waals surface area contributed by atoms with Gasteiger partial charge in [0.1, 0.15) is 0 Å². The van der Waals surface area contributed by atoms with Crippen LogP contribution in [0, 0.1) is 13.8 Å². The Bertz CT molecular complexity index is 477. The molecule has 1 N–H and O–H groups in total. The highest BCUT2D eigenvalue weighted by Crippen LogP contribution is 2.14. The summed E-state index contributed by atoms with van der Waals surface area (Å²) in [5.74, 6) is 0. The summed E-state index contributed by atoms with van der Waals surface area (Å²) in [6.07, 6.45) is 3.54. The molecule has 0 radical (unpaired) electrons. The SMILES string of the molecule is Cc1nn(Cc2ccncc2)c(C)c1CO. The molecule has 2 heterocycles. The smallest absolute Gasteiger partial charge is 0.0718 e. The van der Waals surface area contributed by atoms with Gasteiger partial charge in [-0.05, 0) is 31.5 Å². The van der Waals surface area contributed by atoms with Gasteiger partial charge in [0.05, 0.1) is 18.8 Å². The van der Waals surface area contributed by atoms with E-state index in [0.29, 0.717) is 0 Å². The lowest BCUT2D eigenvalue weighted by Gasteiger charge is -2.04. The van der Waals surface area contributed by atoms with Crippen molar-refractivity contribution in [2.75, 3.05) is 0 Å². The van der Waals surface area contributed by atoms with Crippen molar-refractivity contribution in [3.8, 4) is 0 Å². The number of aliphatic hydroxyl groups excluding tert-OH is 1. The summed E-state index contributed by atoms with van der Waals surface area (Å²) in [5.41, 5.74) is 4.00. The first-order valence-electron chi connectivity index (χ1n) is 5.25. The quantitative estimate of drug-likeness (QED) is 0.846. The Morgan fingerprint density at radius 1 is 1.25 bits per heavy atom. The van der Waals surface area contributed by atoms with Crippen molar-refractivity contribution in [1.29, 1.82) is 0 Å². The third-order valence-electron chi connectivity index (χ3n) is 2.77. The van der Waals surface area contributed by atoms with Crippen LogP contribution in [0.2, 0.25) is 0 Å². The molecule has 0 saturated heterocycles. The van der Waals surface area contributed by atoms with Crippen molar-refractivity contribution < 1.29 is 5.11 Å². The molecule has 0 aromatic carbocycles. The van der Waals surface area contributed by atoms with Gasteiger partial charge in [0.2, 0.25) is 0 Å². The van der Waals surface area contributed by atoms with Gasteiger partial charge in [0.15, 0.2) is 0 Å². The minimum Gasteiger partial charge on any atom is -0.392 e. The molecule has 2 aromatic rings. The summed E-state index contributed by atoms with van der Waals surface area (Å²) in [4.78, 5) is 3.98. The molecule has 16 heavy (non-hydrogen) atoms. The fourth-order valence-electron chi connectivity index (χ4n) is 1.78. The predicted octanol–water partition coefficient (Wildman–Crippen LogP) is 1.44. The molecular formula is C12H15N3O. The largest absolute Gasteiger partial charge is 0.392 e. The van der Waals surface area contributed by atoms with Gasteiger partial charge in [-0.25, -0.2) is 0 Å². The van der Waals surface area contributed by atoms with E-state index in [9.17, 15) is 5.11 Å². The van der Waals surface area contributed by atoms with Crippen molar-refractivity contribution in [3.63, 3.8) is 0 Å². The van der Waals surface area contributed by atoms with Gasteiger partial charge in [-0.3, -0.25) is 9.67 Å². The number of aryl methyl sites for hydroxylation is 1. The molecule has 2 rings (SSSR count). The molecule has 2 aromatic heterocycles. The summed E-state index contributed by atoms with van der Waals surface area (Å²) in [7, 11) is 0. The van der Waals surface area contributed by atoms with Crippen LogP contribution in [0.15, 0.2) is 24.5 Å². The second kappa shape index (κ2) is 4.45. The van der Waals surface area contributed by atoms with E-state index in [2.05, 4.69) is 10.1 Å². The maximum atomic E-state index is 9.22. The number of hydrogen-bond acceptors (Lipinski definition) is 3. The number of pyridine rings is 1. The Kier molecular flexibility index (Phi) is 3.01. The molecule has 0 aliphatic carbocycles. The van der Waals surface area contributed by atoms with E-state index in [1.807, 2.05) is 30.7 Å². The Morgan fingerprint density at radius 2 is 1.94 bits per heavy atom. The summed E-state index contributed by atoms with van der Waals surface area (Å²) in [5, 5.41) is 13.6. The van der Waals surface area contributed by atoms with E-state index >= 15 is 0 Å². The lowest BCUT2D eigenvalue weighted by Crippen LogP contribution is -2.04. The third kappa shape index (κ3) is 1.97. The number of nitrogens with zero attached hydrogens (tertiary/aromatic N) is 3. The van der Waals surface area contributed by atoms with Gasteiger partial charge < -0.3 is 5.11 Å². The predicted molar refractivity (Wildman–Crippen MR) is 61.0 cm³/mol. The molecule has 0 atom stereocenters. The molecule has 4 heteroatoms. The van der Waals surface area contributed by atoms with Crippen LogP contribution >= 0.6 is 0 Å². The van der Waals surface area contributed by atoms with Crippen molar-refractivity contribution in [3.05, 3.63) is 47.0 Å². The Balaban J connectivity index is 2.29. The highest BCUT2D eigenvalue weighted by atomic mass is 16.3.